The van der Waals surface area contributed by atoms with Crippen LogP contribution in [0.4, 0.5) is 4.39 Å². The van der Waals surface area contributed by atoms with Crippen LogP contribution in [0.5, 0.6) is 0 Å². The van der Waals surface area contributed by atoms with E-state index in [1.54, 1.807) is 19.1 Å². The van der Waals surface area contributed by atoms with Gasteiger partial charge in [0.05, 0.1) is 5.60 Å². The second-order valence-electron chi connectivity index (χ2n) is 5.63. The fourth-order valence-corrected chi connectivity index (χ4v) is 2.30. The Morgan fingerprint density at radius 1 is 1.42 bits per heavy atom. The molecule has 2 N–H and O–H groups in total. The molecule has 0 aromatic heterocycles. The number of halogens is 1. The zero-order valence-corrected chi connectivity index (χ0v) is 12.3. The molecule has 0 heterocycles. The molecule has 1 aromatic rings. The number of hydrogen-bond donors (Lipinski definition) is 2. The molecule has 0 saturated carbocycles. The van der Waals surface area contributed by atoms with Crippen LogP contribution in [0.15, 0.2) is 24.3 Å². The van der Waals surface area contributed by atoms with E-state index in [0.29, 0.717) is 13.1 Å². The van der Waals surface area contributed by atoms with Crippen LogP contribution in [-0.4, -0.2) is 42.8 Å². The number of nitrogens with zero attached hydrogens (tertiary/aromatic N) is 1. The van der Waals surface area contributed by atoms with Crippen molar-refractivity contribution in [1.29, 1.82) is 0 Å². The summed E-state index contributed by atoms with van der Waals surface area (Å²) in [6, 6.07) is 6.67. The van der Waals surface area contributed by atoms with Crippen molar-refractivity contribution < 1.29 is 9.50 Å². The van der Waals surface area contributed by atoms with Gasteiger partial charge in [-0.3, -0.25) is 0 Å². The van der Waals surface area contributed by atoms with E-state index in [4.69, 9.17) is 0 Å². The lowest BCUT2D eigenvalue weighted by Crippen LogP contribution is -2.46. The molecule has 2 unspecified atom stereocenters. The first-order valence-electron chi connectivity index (χ1n) is 6.70. The number of aliphatic hydroxyl groups is 1. The molecule has 1 aromatic carbocycles. The molecule has 4 heteroatoms. The topological polar surface area (TPSA) is 35.5 Å². The summed E-state index contributed by atoms with van der Waals surface area (Å²) in [5, 5.41) is 13.6. The Bertz CT molecular complexity index is 393. The third kappa shape index (κ3) is 5.68. The molecule has 0 amide bonds. The standard InChI is InChI=1S/C15H25FN2O/c1-5-14(12-7-6-8-13(16)9-12)17-10-15(2,19)11-18(3)4/h6-9,14,17,19H,5,10-11H2,1-4H3. The van der Waals surface area contributed by atoms with Crippen molar-refractivity contribution in [2.75, 3.05) is 27.2 Å². The number of rotatable bonds is 7. The van der Waals surface area contributed by atoms with E-state index < -0.39 is 5.60 Å². The quantitative estimate of drug-likeness (QED) is 0.795. The molecule has 0 aliphatic heterocycles. The molecule has 0 spiro atoms. The average Bonchev–Trinajstić information content (AvgIpc) is 2.28. The maximum absolute atomic E-state index is 13.2. The van der Waals surface area contributed by atoms with E-state index in [2.05, 4.69) is 5.32 Å². The Hall–Kier alpha value is -0.970. The monoisotopic (exact) mass is 268 g/mol. The maximum Gasteiger partial charge on any atom is 0.123 e. The van der Waals surface area contributed by atoms with Gasteiger partial charge >= 0.3 is 0 Å². The fraction of sp³-hybridized carbons (Fsp3) is 0.600. The smallest absolute Gasteiger partial charge is 0.123 e. The first-order valence-corrected chi connectivity index (χ1v) is 6.70. The molecule has 0 radical (unpaired) electrons. The predicted octanol–water partition coefficient (Wildman–Crippen LogP) is 2.18. The van der Waals surface area contributed by atoms with Crippen molar-refractivity contribution in [1.82, 2.24) is 10.2 Å². The van der Waals surface area contributed by atoms with Crippen molar-refractivity contribution >= 4 is 0 Å². The van der Waals surface area contributed by atoms with Crippen LogP contribution in [0, 0.1) is 5.82 Å². The van der Waals surface area contributed by atoms with Crippen molar-refractivity contribution in [3.05, 3.63) is 35.6 Å². The minimum atomic E-state index is -0.801. The molecule has 0 aliphatic carbocycles. The van der Waals surface area contributed by atoms with Gasteiger partial charge in [0.1, 0.15) is 5.82 Å². The van der Waals surface area contributed by atoms with Crippen LogP contribution >= 0.6 is 0 Å². The van der Waals surface area contributed by atoms with Gasteiger partial charge in [0.25, 0.3) is 0 Å². The Morgan fingerprint density at radius 3 is 2.63 bits per heavy atom. The van der Waals surface area contributed by atoms with Crippen molar-refractivity contribution in [3.63, 3.8) is 0 Å². The molecule has 3 nitrogen and oxygen atoms in total. The van der Waals surface area contributed by atoms with Crippen molar-refractivity contribution in [3.8, 4) is 0 Å². The third-order valence-electron chi connectivity index (χ3n) is 3.05. The molecule has 0 aliphatic rings. The predicted molar refractivity (Wildman–Crippen MR) is 76.6 cm³/mol. The molecule has 19 heavy (non-hydrogen) atoms. The Balaban J connectivity index is 2.63. The minimum Gasteiger partial charge on any atom is -0.388 e. The summed E-state index contributed by atoms with van der Waals surface area (Å²) in [5.41, 5.74) is 0.118. The second kappa shape index (κ2) is 6.98. The normalized spacial score (nSPS) is 16.4. The summed E-state index contributed by atoms with van der Waals surface area (Å²) < 4.78 is 13.2. The maximum atomic E-state index is 13.2. The zero-order valence-electron chi connectivity index (χ0n) is 12.3. The minimum absolute atomic E-state index is 0.0596. The van der Waals surface area contributed by atoms with Gasteiger partial charge in [0, 0.05) is 19.1 Å². The summed E-state index contributed by atoms with van der Waals surface area (Å²) in [6.07, 6.45) is 0.849. The highest BCUT2D eigenvalue weighted by atomic mass is 19.1. The highest BCUT2D eigenvalue weighted by Gasteiger charge is 2.22. The van der Waals surface area contributed by atoms with Crippen molar-refractivity contribution in [2.24, 2.45) is 0 Å². The summed E-state index contributed by atoms with van der Waals surface area (Å²) >= 11 is 0. The Morgan fingerprint density at radius 2 is 2.11 bits per heavy atom. The summed E-state index contributed by atoms with van der Waals surface area (Å²) in [4.78, 5) is 1.95. The highest BCUT2D eigenvalue weighted by Crippen LogP contribution is 2.18. The van der Waals surface area contributed by atoms with E-state index in [1.807, 2.05) is 32.0 Å². The first-order chi connectivity index (χ1) is 8.84. The van der Waals surface area contributed by atoms with Crippen LogP contribution in [0.1, 0.15) is 31.9 Å². The zero-order chi connectivity index (χ0) is 14.5. The molecule has 0 fully saturated rings. The van der Waals surface area contributed by atoms with E-state index in [-0.39, 0.29) is 11.9 Å². The fourth-order valence-electron chi connectivity index (χ4n) is 2.30. The molecule has 108 valence electrons. The van der Waals surface area contributed by atoms with Gasteiger partial charge in [-0.2, -0.15) is 0 Å². The van der Waals surface area contributed by atoms with Crippen LogP contribution in [0.2, 0.25) is 0 Å². The van der Waals surface area contributed by atoms with Gasteiger partial charge in [-0.1, -0.05) is 19.1 Å². The molecular formula is C15H25FN2O. The second-order valence-corrected chi connectivity index (χ2v) is 5.63. The highest BCUT2D eigenvalue weighted by molar-refractivity contribution is 5.20. The van der Waals surface area contributed by atoms with Crippen molar-refractivity contribution in [2.45, 2.75) is 31.9 Å². The Kier molecular flexibility index (Phi) is 5.91. The molecule has 0 bridgehead atoms. The van der Waals surface area contributed by atoms with Crippen LogP contribution in [-0.2, 0) is 0 Å². The molecule has 1 rings (SSSR count). The first kappa shape index (κ1) is 16.1. The largest absolute Gasteiger partial charge is 0.388 e. The summed E-state index contributed by atoms with van der Waals surface area (Å²) in [5.74, 6) is -0.224. The van der Waals surface area contributed by atoms with E-state index >= 15 is 0 Å². The van der Waals surface area contributed by atoms with E-state index in [0.717, 1.165) is 12.0 Å². The molecule has 0 saturated heterocycles. The lowest BCUT2D eigenvalue weighted by atomic mass is 10.0. The summed E-state index contributed by atoms with van der Waals surface area (Å²) in [6.45, 7) is 4.90. The van der Waals surface area contributed by atoms with Gasteiger partial charge in [-0.25, -0.2) is 4.39 Å². The van der Waals surface area contributed by atoms with E-state index in [9.17, 15) is 9.50 Å². The van der Waals surface area contributed by atoms with Gasteiger partial charge in [-0.15, -0.1) is 0 Å². The van der Waals surface area contributed by atoms with Gasteiger partial charge in [0.2, 0.25) is 0 Å². The van der Waals surface area contributed by atoms with Gasteiger partial charge < -0.3 is 15.3 Å². The SMILES string of the molecule is CCC(NCC(C)(O)CN(C)C)c1cccc(F)c1. The average molecular weight is 268 g/mol. The van der Waals surface area contributed by atoms with Gasteiger partial charge in [0.15, 0.2) is 0 Å². The summed E-state index contributed by atoms with van der Waals surface area (Å²) in [7, 11) is 3.86. The number of hydrogen-bond acceptors (Lipinski definition) is 3. The van der Waals surface area contributed by atoms with Gasteiger partial charge in [-0.05, 0) is 45.1 Å². The van der Waals surface area contributed by atoms with Crippen LogP contribution in [0.3, 0.4) is 0 Å². The Labute approximate surface area is 115 Å². The molecule has 2 atom stereocenters. The van der Waals surface area contributed by atoms with Crippen LogP contribution < -0.4 is 5.32 Å². The lowest BCUT2D eigenvalue weighted by molar-refractivity contribution is 0.0311. The lowest BCUT2D eigenvalue weighted by Gasteiger charge is -2.29. The third-order valence-corrected chi connectivity index (χ3v) is 3.05. The molecular weight excluding hydrogens is 243 g/mol. The van der Waals surface area contributed by atoms with E-state index in [1.165, 1.54) is 6.07 Å². The number of nitrogens with one attached hydrogen (secondary N) is 1. The number of benzene rings is 1. The van der Waals surface area contributed by atoms with Crippen LogP contribution in [0.25, 0.3) is 0 Å². The number of likely N-dealkylation sites (N-methyl/N-ethyl adjacent to an activating group) is 1.